The van der Waals surface area contributed by atoms with E-state index in [2.05, 4.69) is 205 Å². The van der Waals surface area contributed by atoms with Gasteiger partial charge in [0.2, 0.25) is 0 Å². The van der Waals surface area contributed by atoms with E-state index < -0.39 is 0 Å². The summed E-state index contributed by atoms with van der Waals surface area (Å²) in [4.78, 5) is 2.37. The summed E-state index contributed by atoms with van der Waals surface area (Å²) in [6.45, 7) is 0. The topological polar surface area (TPSA) is 29.5 Å². The fourth-order valence-electron chi connectivity index (χ4n) is 9.18. The van der Waals surface area contributed by atoms with Crippen LogP contribution in [0.5, 0.6) is 0 Å². The van der Waals surface area contributed by atoms with E-state index in [1.165, 1.54) is 27.5 Å². The first kappa shape index (κ1) is 33.3. The van der Waals surface area contributed by atoms with Crippen LogP contribution in [0.1, 0.15) is 0 Å². The molecule has 0 N–H and O–H groups in total. The van der Waals surface area contributed by atoms with Crippen molar-refractivity contribution in [3.63, 3.8) is 0 Å². The number of rotatable bonds is 6. The fourth-order valence-corrected chi connectivity index (χ4v) is 9.18. The molecule has 0 spiro atoms. The molecule has 10 aromatic carbocycles. The Bertz CT molecular complexity index is 3540. The van der Waals surface area contributed by atoms with Crippen molar-refractivity contribution in [3.8, 4) is 33.4 Å². The van der Waals surface area contributed by atoms with E-state index in [4.69, 9.17) is 8.83 Å². The average Bonchev–Trinajstić information content (AvgIpc) is 3.89. The number of hydrogen-bond donors (Lipinski definition) is 0. The lowest BCUT2D eigenvalue weighted by atomic mass is 9.91. The minimum Gasteiger partial charge on any atom is -0.456 e. The van der Waals surface area contributed by atoms with Crippen molar-refractivity contribution in [1.82, 2.24) is 0 Å². The molecule has 59 heavy (non-hydrogen) atoms. The van der Waals surface area contributed by atoms with Gasteiger partial charge in [0, 0.05) is 32.9 Å². The highest BCUT2D eigenvalue weighted by molar-refractivity contribution is 6.20. The van der Waals surface area contributed by atoms with Gasteiger partial charge in [0.05, 0.1) is 11.1 Å². The van der Waals surface area contributed by atoms with Crippen molar-refractivity contribution in [2.75, 3.05) is 4.90 Å². The van der Waals surface area contributed by atoms with Crippen LogP contribution < -0.4 is 4.90 Å². The van der Waals surface area contributed by atoms with Gasteiger partial charge >= 0.3 is 0 Å². The van der Waals surface area contributed by atoms with Crippen molar-refractivity contribution in [3.05, 3.63) is 212 Å². The normalized spacial score (nSPS) is 11.7. The van der Waals surface area contributed by atoms with Crippen molar-refractivity contribution in [2.24, 2.45) is 0 Å². The predicted molar refractivity (Wildman–Crippen MR) is 247 cm³/mol. The number of fused-ring (bicyclic) bond motifs is 9. The third-order valence-corrected chi connectivity index (χ3v) is 11.9. The van der Waals surface area contributed by atoms with Crippen LogP contribution in [0.25, 0.3) is 98.8 Å². The zero-order valence-corrected chi connectivity index (χ0v) is 32.0. The Labute approximate surface area is 340 Å². The minimum absolute atomic E-state index is 0.856. The monoisotopic (exact) mass is 753 g/mol. The molecule has 3 heteroatoms. The molecular formula is C56H35NO2. The number of para-hydroxylation sites is 1. The van der Waals surface area contributed by atoms with Crippen molar-refractivity contribution >= 4 is 82.5 Å². The highest BCUT2D eigenvalue weighted by Crippen LogP contribution is 2.46. The van der Waals surface area contributed by atoms with Crippen LogP contribution in [0.3, 0.4) is 0 Å². The lowest BCUT2D eigenvalue weighted by Gasteiger charge is -2.27. The lowest BCUT2D eigenvalue weighted by Crippen LogP contribution is -2.10. The summed E-state index contributed by atoms with van der Waals surface area (Å²) < 4.78 is 13.0. The number of benzene rings is 10. The van der Waals surface area contributed by atoms with Crippen LogP contribution in [0.4, 0.5) is 17.1 Å². The van der Waals surface area contributed by atoms with Crippen molar-refractivity contribution < 1.29 is 8.83 Å². The molecule has 2 heterocycles. The molecule has 0 saturated carbocycles. The highest BCUT2D eigenvalue weighted by Gasteiger charge is 2.21. The number of hydrogen-bond acceptors (Lipinski definition) is 3. The summed E-state index contributed by atoms with van der Waals surface area (Å²) in [5, 5.41) is 9.17. The molecule has 0 radical (unpaired) electrons. The van der Waals surface area contributed by atoms with Crippen LogP contribution >= 0.6 is 0 Å². The Morgan fingerprint density at radius 1 is 0.288 bits per heavy atom. The molecule has 0 aliphatic carbocycles. The summed E-state index contributed by atoms with van der Waals surface area (Å²) in [5.41, 5.74) is 13.8. The Hall–Kier alpha value is -7.88. The van der Waals surface area contributed by atoms with Crippen LogP contribution in [-0.4, -0.2) is 0 Å². The van der Waals surface area contributed by atoms with Gasteiger partial charge in [-0.3, -0.25) is 0 Å². The first-order valence-corrected chi connectivity index (χ1v) is 20.1. The molecule has 0 saturated heterocycles. The summed E-state index contributed by atoms with van der Waals surface area (Å²) >= 11 is 0. The van der Waals surface area contributed by atoms with Crippen LogP contribution in [-0.2, 0) is 0 Å². The van der Waals surface area contributed by atoms with Gasteiger partial charge in [-0.25, -0.2) is 0 Å². The fraction of sp³-hybridized carbons (Fsp3) is 0. The second-order valence-electron chi connectivity index (χ2n) is 15.2. The largest absolute Gasteiger partial charge is 0.456 e. The third kappa shape index (κ3) is 5.36. The Kier molecular flexibility index (Phi) is 7.54. The molecule has 0 amide bonds. The molecule has 0 bridgehead atoms. The molecule has 0 atom stereocenters. The first-order chi connectivity index (χ1) is 29.3. The van der Waals surface area contributed by atoms with Crippen LogP contribution in [0.2, 0.25) is 0 Å². The van der Waals surface area contributed by atoms with E-state index in [1.807, 2.05) is 12.1 Å². The Balaban J connectivity index is 1.04. The summed E-state index contributed by atoms with van der Waals surface area (Å²) in [6, 6.07) is 75.7. The minimum atomic E-state index is 0.856. The number of anilines is 3. The predicted octanol–water partition coefficient (Wildman–Crippen LogP) is 16.3. The molecule has 2 aromatic heterocycles. The number of nitrogens with zero attached hydrogens (tertiary/aromatic N) is 1. The van der Waals surface area contributed by atoms with Gasteiger partial charge in [0.25, 0.3) is 0 Å². The summed E-state index contributed by atoms with van der Waals surface area (Å²) in [5.74, 6) is 0. The van der Waals surface area contributed by atoms with Crippen LogP contribution in [0, 0.1) is 0 Å². The zero-order chi connectivity index (χ0) is 38.9. The molecule has 0 aliphatic rings. The average molecular weight is 754 g/mol. The van der Waals surface area contributed by atoms with Gasteiger partial charge in [-0.1, -0.05) is 158 Å². The SMILES string of the molecule is c1ccc(-c2cccc3cccc(-c4ccc(N(c5ccc(-c6cccc7oc8ccccc8c67)cc5)c5cccc6oc7c8ccccc8ccc7c56)cc4)c23)cc1. The molecule has 12 aromatic rings. The maximum Gasteiger partial charge on any atom is 0.143 e. The van der Waals surface area contributed by atoms with Crippen molar-refractivity contribution in [2.45, 2.75) is 0 Å². The lowest BCUT2D eigenvalue weighted by molar-refractivity contribution is 0.669. The van der Waals surface area contributed by atoms with E-state index in [1.54, 1.807) is 0 Å². The van der Waals surface area contributed by atoms with E-state index in [9.17, 15) is 0 Å². The standard InChI is InChI=1S/C56H35NO2/c1-2-12-36(13-3-1)43-19-8-15-40-16-9-20-44(53(40)43)38-26-31-41(32-27-38)57(49-22-11-25-52-55(49)48-35-30-37-14-4-5-17-46(37)56(48)59-52)42-33-28-39(29-34-42)45-21-10-24-51-54(45)47-18-6-7-23-50(47)58-51/h1-35H. The summed E-state index contributed by atoms with van der Waals surface area (Å²) in [7, 11) is 0. The van der Waals surface area contributed by atoms with E-state index >= 15 is 0 Å². The first-order valence-electron chi connectivity index (χ1n) is 20.1. The third-order valence-electron chi connectivity index (χ3n) is 11.9. The zero-order valence-electron chi connectivity index (χ0n) is 32.0. The van der Waals surface area contributed by atoms with Gasteiger partial charge in [-0.05, 0) is 104 Å². The van der Waals surface area contributed by atoms with Gasteiger partial charge in [0.15, 0.2) is 0 Å². The highest BCUT2D eigenvalue weighted by atomic mass is 16.3. The van der Waals surface area contributed by atoms with Crippen LogP contribution in [0.15, 0.2) is 221 Å². The quantitative estimate of drug-likeness (QED) is 0.169. The van der Waals surface area contributed by atoms with Gasteiger partial charge < -0.3 is 13.7 Å². The number of furan rings is 2. The maximum absolute atomic E-state index is 6.70. The molecule has 3 nitrogen and oxygen atoms in total. The van der Waals surface area contributed by atoms with Crippen molar-refractivity contribution in [1.29, 1.82) is 0 Å². The van der Waals surface area contributed by atoms with Gasteiger partial charge in [-0.15, -0.1) is 0 Å². The summed E-state index contributed by atoms with van der Waals surface area (Å²) in [6.07, 6.45) is 0. The van der Waals surface area contributed by atoms with Gasteiger partial charge in [0.1, 0.15) is 22.3 Å². The molecular weight excluding hydrogens is 719 g/mol. The molecule has 276 valence electrons. The maximum atomic E-state index is 6.70. The molecule has 12 rings (SSSR count). The second kappa shape index (κ2) is 13.4. The Morgan fingerprint density at radius 2 is 0.814 bits per heavy atom. The smallest absolute Gasteiger partial charge is 0.143 e. The molecule has 0 unspecified atom stereocenters. The molecule has 0 fully saturated rings. The van der Waals surface area contributed by atoms with Gasteiger partial charge in [-0.2, -0.15) is 0 Å². The Morgan fingerprint density at radius 3 is 1.53 bits per heavy atom. The van der Waals surface area contributed by atoms with E-state index in [-0.39, 0.29) is 0 Å². The van der Waals surface area contributed by atoms with E-state index in [0.717, 1.165) is 88.4 Å². The second-order valence-corrected chi connectivity index (χ2v) is 15.2. The molecule has 0 aliphatic heterocycles. The van der Waals surface area contributed by atoms with E-state index in [0.29, 0.717) is 0 Å².